The van der Waals surface area contributed by atoms with Gasteiger partial charge in [-0.3, -0.25) is 14.8 Å². The third-order valence-corrected chi connectivity index (χ3v) is 5.49. The van der Waals surface area contributed by atoms with E-state index in [2.05, 4.69) is 25.6 Å². The molecule has 160 valence electrons. The highest BCUT2D eigenvalue weighted by Gasteiger charge is 2.15. The van der Waals surface area contributed by atoms with Crippen LogP contribution in [0.1, 0.15) is 5.56 Å². The number of phenolic OH excluding ortho intramolecular Hbond substituents is 1. The second-order valence-corrected chi connectivity index (χ2v) is 7.70. The lowest BCUT2D eigenvalue weighted by atomic mass is 10.0. The predicted octanol–water partition coefficient (Wildman–Crippen LogP) is 3.78. The Morgan fingerprint density at radius 1 is 1.03 bits per heavy atom. The molecule has 0 fully saturated rings. The summed E-state index contributed by atoms with van der Waals surface area (Å²) in [6.07, 6.45) is 7.54. The van der Waals surface area contributed by atoms with Crippen molar-refractivity contribution in [3.05, 3.63) is 66.7 Å². The molecule has 0 aliphatic carbocycles. The molecule has 4 heterocycles. The Hall–Kier alpha value is -4.04. The van der Waals surface area contributed by atoms with E-state index in [1.165, 1.54) is 0 Å². The maximum atomic E-state index is 9.96. The number of pyridine rings is 2. The highest BCUT2D eigenvalue weighted by atomic mass is 16.3. The molecule has 0 bridgehead atoms. The van der Waals surface area contributed by atoms with Gasteiger partial charge >= 0.3 is 0 Å². The van der Waals surface area contributed by atoms with E-state index in [4.69, 9.17) is 4.98 Å². The number of nitrogens with zero attached hydrogens (tertiary/aromatic N) is 5. The summed E-state index contributed by atoms with van der Waals surface area (Å²) in [7, 11) is 1.92. The molecule has 0 amide bonds. The monoisotopic (exact) mass is 425 g/mol. The molecule has 5 aromatic rings. The van der Waals surface area contributed by atoms with Crippen LogP contribution in [-0.2, 0) is 6.54 Å². The number of phenols is 1. The number of benzene rings is 1. The van der Waals surface area contributed by atoms with E-state index < -0.39 is 0 Å². The Bertz CT molecular complexity index is 1400. The lowest BCUT2D eigenvalue weighted by Gasteiger charge is -2.08. The van der Waals surface area contributed by atoms with Crippen molar-refractivity contribution in [2.75, 3.05) is 13.6 Å². The first kappa shape index (κ1) is 19.9. The minimum absolute atomic E-state index is 0.204. The second-order valence-electron chi connectivity index (χ2n) is 7.70. The van der Waals surface area contributed by atoms with E-state index in [1.807, 2.05) is 67.7 Å². The number of rotatable bonds is 6. The summed E-state index contributed by atoms with van der Waals surface area (Å²) in [5, 5.41) is 24.9. The highest BCUT2D eigenvalue weighted by Crippen LogP contribution is 2.34. The van der Waals surface area contributed by atoms with E-state index in [0.717, 1.165) is 63.3 Å². The molecule has 0 radical (unpaired) electrons. The Labute approximate surface area is 185 Å². The number of hydrogen-bond acceptors (Lipinski definition) is 6. The van der Waals surface area contributed by atoms with Crippen molar-refractivity contribution in [2.24, 2.45) is 0 Å². The summed E-state index contributed by atoms with van der Waals surface area (Å²) in [5.41, 5.74) is 7.87. The van der Waals surface area contributed by atoms with Crippen molar-refractivity contribution in [2.45, 2.75) is 13.5 Å². The van der Waals surface area contributed by atoms with Crippen LogP contribution in [0.2, 0.25) is 0 Å². The zero-order valence-corrected chi connectivity index (χ0v) is 17.9. The van der Waals surface area contributed by atoms with Crippen LogP contribution in [0.15, 0.2) is 61.2 Å². The van der Waals surface area contributed by atoms with Crippen LogP contribution < -0.4 is 5.32 Å². The second kappa shape index (κ2) is 8.24. The molecule has 1 aromatic carbocycles. The van der Waals surface area contributed by atoms with Gasteiger partial charge in [0.1, 0.15) is 11.4 Å². The minimum atomic E-state index is 0.204. The average molecular weight is 425 g/mol. The number of likely N-dealkylation sites (N-methyl/N-ethyl adjacent to an activating group) is 1. The molecule has 32 heavy (non-hydrogen) atoms. The van der Waals surface area contributed by atoms with Gasteiger partial charge in [-0.15, -0.1) is 0 Å². The van der Waals surface area contributed by atoms with Gasteiger partial charge in [0, 0.05) is 47.4 Å². The molecular formula is C24H23N7O. The fourth-order valence-electron chi connectivity index (χ4n) is 3.73. The van der Waals surface area contributed by atoms with Crippen molar-refractivity contribution in [1.82, 2.24) is 35.3 Å². The summed E-state index contributed by atoms with van der Waals surface area (Å²) >= 11 is 0. The number of fused-ring (bicyclic) bond motifs is 1. The van der Waals surface area contributed by atoms with E-state index in [9.17, 15) is 5.11 Å². The maximum Gasteiger partial charge on any atom is 0.116 e. The summed E-state index contributed by atoms with van der Waals surface area (Å²) in [6.45, 7) is 3.65. The van der Waals surface area contributed by atoms with Crippen LogP contribution in [0.3, 0.4) is 0 Å². The zero-order chi connectivity index (χ0) is 22.1. The van der Waals surface area contributed by atoms with Gasteiger partial charge in [-0.25, -0.2) is 4.98 Å². The van der Waals surface area contributed by atoms with Gasteiger partial charge in [0.15, 0.2) is 0 Å². The molecule has 0 aliphatic heterocycles. The van der Waals surface area contributed by atoms with Crippen LogP contribution in [0.25, 0.3) is 44.7 Å². The number of nitrogens with one attached hydrogen (secondary N) is 2. The minimum Gasteiger partial charge on any atom is -0.508 e. The quantitative estimate of drug-likeness (QED) is 0.382. The molecule has 8 nitrogen and oxygen atoms in total. The number of aromatic hydroxyl groups is 1. The largest absolute Gasteiger partial charge is 0.508 e. The predicted molar refractivity (Wildman–Crippen MR) is 124 cm³/mol. The smallest absolute Gasteiger partial charge is 0.116 e. The molecule has 0 spiro atoms. The van der Waals surface area contributed by atoms with Crippen molar-refractivity contribution in [1.29, 1.82) is 0 Å². The van der Waals surface area contributed by atoms with Gasteiger partial charge in [-0.2, -0.15) is 10.2 Å². The van der Waals surface area contributed by atoms with Crippen LogP contribution in [-0.4, -0.2) is 48.6 Å². The number of aromatic nitrogens is 6. The van der Waals surface area contributed by atoms with Crippen LogP contribution >= 0.6 is 0 Å². The fourth-order valence-corrected chi connectivity index (χ4v) is 3.73. The van der Waals surface area contributed by atoms with Gasteiger partial charge in [0.2, 0.25) is 0 Å². The summed E-state index contributed by atoms with van der Waals surface area (Å²) in [5.74, 6) is 0.204. The SMILES string of the molecule is CNCCn1cc(-c2cnc3ccc(-c4c[nH]nc4-c4cc(O)ccc4C)nc3c2)cn1. The van der Waals surface area contributed by atoms with E-state index >= 15 is 0 Å². The number of aromatic amines is 1. The summed E-state index contributed by atoms with van der Waals surface area (Å²) in [4.78, 5) is 9.47. The normalized spacial score (nSPS) is 11.3. The van der Waals surface area contributed by atoms with Gasteiger partial charge in [0.25, 0.3) is 0 Å². The Balaban J connectivity index is 1.54. The molecule has 0 saturated carbocycles. The van der Waals surface area contributed by atoms with Gasteiger partial charge in [-0.05, 0) is 49.9 Å². The summed E-state index contributed by atoms with van der Waals surface area (Å²) < 4.78 is 1.91. The first-order valence-electron chi connectivity index (χ1n) is 10.4. The number of aryl methyl sites for hydroxylation is 1. The molecule has 0 aliphatic rings. The topological polar surface area (TPSA) is 105 Å². The van der Waals surface area contributed by atoms with Crippen LogP contribution in [0.4, 0.5) is 0 Å². The van der Waals surface area contributed by atoms with E-state index in [1.54, 1.807) is 12.1 Å². The maximum absolute atomic E-state index is 9.96. The Morgan fingerprint density at radius 3 is 2.81 bits per heavy atom. The first-order chi connectivity index (χ1) is 15.6. The molecule has 3 N–H and O–H groups in total. The van der Waals surface area contributed by atoms with Crippen molar-refractivity contribution in [3.63, 3.8) is 0 Å². The highest BCUT2D eigenvalue weighted by molar-refractivity contribution is 5.86. The fraction of sp³-hybridized carbons (Fsp3) is 0.167. The number of hydrogen-bond donors (Lipinski definition) is 3. The third kappa shape index (κ3) is 3.72. The van der Waals surface area contributed by atoms with E-state index in [0.29, 0.717) is 0 Å². The molecule has 0 saturated heterocycles. The third-order valence-electron chi connectivity index (χ3n) is 5.49. The molecule has 5 rings (SSSR count). The average Bonchev–Trinajstić information content (AvgIpc) is 3.48. The summed E-state index contributed by atoms with van der Waals surface area (Å²) in [6, 6.07) is 11.2. The lowest BCUT2D eigenvalue weighted by Crippen LogP contribution is -2.14. The van der Waals surface area contributed by atoms with Gasteiger partial charge in [-0.1, -0.05) is 6.07 Å². The molecule has 0 atom stereocenters. The molecular weight excluding hydrogens is 402 g/mol. The lowest BCUT2D eigenvalue weighted by molar-refractivity contribution is 0.475. The number of H-pyrrole nitrogens is 1. The first-order valence-corrected chi connectivity index (χ1v) is 10.4. The van der Waals surface area contributed by atoms with Gasteiger partial charge < -0.3 is 10.4 Å². The molecule has 0 unspecified atom stereocenters. The van der Waals surface area contributed by atoms with Crippen LogP contribution in [0.5, 0.6) is 5.75 Å². The van der Waals surface area contributed by atoms with Gasteiger partial charge in [0.05, 0.1) is 29.5 Å². The Morgan fingerprint density at radius 2 is 1.94 bits per heavy atom. The van der Waals surface area contributed by atoms with Crippen LogP contribution in [0, 0.1) is 6.92 Å². The van der Waals surface area contributed by atoms with Crippen molar-refractivity contribution >= 4 is 11.0 Å². The van der Waals surface area contributed by atoms with Crippen molar-refractivity contribution < 1.29 is 5.11 Å². The Kier molecular flexibility index (Phi) is 5.12. The zero-order valence-electron chi connectivity index (χ0n) is 17.9. The molecule has 8 heteroatoms. The standard InChI is InChI=1S/C24H23N7O/c1-15-3-4-18(32)10-19(15)24-20(13-27-30-24)21-5-6-22-23(29-21)9-16(11-26-22)17-12-28-31(14-17)8-7-25-2/h3-6,9-14,25,32H,7-8H2,1-2H3,(H,27,30). The van der Waals surface area contributed by atoms with E-state index in [-0.39, 0.29) is 5.75 Å². The molecule has 4 aromatic heterocycles. The van der Waals surface area contributed by atoms with Crippen molar-refractivity contribution in [3.8, 4) is 39.4 Å².